The van der Waals surface area contributed by atoms with E-state index in [1.165, 1.54) is 32.2 Å². The zero-order valence-electron chi connectivity index (χ0n) is 10.00. The summed E-state index contributed by atoms with van der Waals surface area (Å²) in [5, 5.41) is 0. The molecular weight excluding hydrogens is 172 g/mol. The molecule has 2 unspecified atom stereocenters. The van der Waals surface area contributed by atoms with Crippen LogP contribution < -0.4 is 5.73 Å². The predicted molar refractivity (Wildman–Crippen MR) is 62.3 cm³/mol. The molecule has 2 N–H and O–H groups in total. The van der Waals surface area contributed by atoms with E-state index >= 15 is 0 Å². The number of nitrogens with zero attached hydrogens (tertiary/aromatic N) is 1. The second-order valence-corrected chi connectivity index (χ2v) is 5.07. The lowest BCUT2D eigenvalue weighted by atomic mass is 9.79. The van der Waals surface area contributed by atoms with E-state index in [9.17, 15) is 0 Å². The lowest BCUT2D eigenvalue weighted by Gasteiger charge is -2.35. The summed E-state index contributed by atoms with van der Waals surface area (Å²) in [6.45, 7) is 6.65. The highest BCUT2D eigenvalue weighted by atomic mass is 15.1. The van der Waals surface area contributed by atoms with Gasteiger partial charge in [-0.15, -0.1) is 0 Å². The van der Waals surface area contributed by atoms with Crippen LogP contribution in [0.15, 0.2) is 0 Å². The smallest absolute Gasteiger partial charge is 0.00356 e. The van der Waals surface area contributed by atoms with Crippen molar-refractivity contribution in [2.45, 2.75) is 45.6 Å². The summed E-state index contributed by atoms with van der Waals surface area (Å²) < 4.78 is 0. The monoisotopic (exact) mass is 198 g/mol. The van der Waals surface area contributed by atoms with Crippen LogP contribution in [0.25, 0.3) is 0 Å². The Morgan fingerprint density at radius 1 is 1.21 bits per heavy atom. The Morgan fingerprint density at radius 2 is 1.79 bits per heavy atom. The number of hydrogen-bond donors (Lipinski definition) is 1. The second kappa shape index (κ2) is 5.72. The van der Waals surface area contributed by atoms with E-state index in [1.807, 2.05) is 0 Å². The predicted octanol–water partition coefficient (Wildman–Crippen LogP) is 2.09. The summed E-state index contributed by atoms with van der Waals surface area (Å²) in [7, 11) is 2.23. The first-order valence-corrected chi connectivity index (χ1v) is 6.05. The van der Waals surface area contributed by atoms with Crippen LogP contribution in [0, 0.1) is 11.8 Å². The third kappa shape index (κ3) is 3.25. The minimum Gasteiger partial charge on any atom is -0.330 e. The Morgan fingerprint density at radius 3 is 2.29 bits per heavy atom. The zero-order valence-corrected chi connectivity index (χ0v) is 10.00. The minimum absolute atomic E-state index is 0.662. The summed E-state index contributed by atoms with van der Waals surface area (Å²) >= 11 is 0. The van der Waals surface area contributed by atoms with Gasteiger partial charge in [-0.05, 0) is 52.1 Å². The first kappa shape index (κ1) is 12.0. The van der Waals surface area contributed by atoms with Crippen molar-refractivity contribution in [1.82, 2.24) is 4.90 Å². The van der Waals surface area contributed by atoms with Crippen LogP contribution in [-0.4, -0.2) is 31.1 Å². The molecule has 14 heavy (non-hydrogen) atoms. The number of hydrogen-bond acceptors (Lipinski definition) is 2. The van der Waals surface area contributed by atoms with Gasteiger partial charge in [0, 0.05) is 12.6 Å². The van der Waals surface area contributed by atoms with Gasteiger partial charge in [-0.3, -0.25) is 0 Å². The van der Waals surface area contributed by atoms with Gasteiger partial charge in [-0.2, -0.15) is 0 Å². The maximum absolute atomic E-state index is 5.83. The van der Waals surface area contributed by atoms with E-state index in [4.69, 9.17) is 5.73 Å². The molecule has 1 saturated carbocycles. The van der Waals surface area contributed by atoms with Gasteiger partial charge in [-0.1, -0.05) is 12.8 Å². The standard InChI is InChI=1S/C12H26N2/c1-10(2)14(3)9-12-7-5-4-6-11(12)8-13/h10-12H,4-9,13H2,1-3H3. The van der Waals surface area contributed by atoms with E-state index in [-0.39, 0.29) is 0 Å². The number of nitrogens with two attached hydrogens (primary N) is 1. The van der Waals surface area contributed by atoms with Gasteiger partial charge in [0.2, 0.25) is 0 Å². The molecule has 84 valence electrons. The quantitative estimate of drug-likeness (QED) is 0.749. The molecule has 2 nitrogen and oxygen atoms in total. The van der Waals surface area contributed by atoms with Crippen molar-refractivity contribution in [2.24, 2.45) is 17.6 Å². The van der Waals surface area contributed by atoms with Crippen molar-refractivity contribution in [3.63, 3.8) is 0 Å². The third-order valence-electron chi connectivity index (χ3n) is 3.77. The zero-order chi connectivity index (χ0) is 10.6. The molecule has 0 aromatic heterocycles. The Bertz CT molecular complexity index is 156. The fourth-order valence-corrected chi connectivity index (χ4v) is 2.42. The largest absolute Gasteiger partial charge is 0.330 e. The minimum atomic E-state index is 0.662. The van der Waals surface area contributed by atoms with Gasteiger partial charge >= 0.3 is 0 Å². The van der Waals surface area contributed by atoms with Crippen molar-refractivity contribution in [3.05, 3.63) is 0 Å². The lowest BCUT2D eigenvalue weighted by molar-refractivity contribution is 0.154. The van der Waals surface area contributed by atoms with E-state index in [2.05, 4.69) is 25.8 Å². The van der Waals surface area contributed by atoms with Gasteiger partial charge in [0.25, 0.3) is 0 Å². The molecule has 0 saturated heterocycles. The maximum Gasteiger partial charge on any atom is 0.00356 e. The molecule has 2 heteroatoms. The maximum atomic E-state index is 5.83. The van der Waals surface area contributed by atoms with Crippen LogP contribution in [-0.2, 0) is 0 Å². The molecular formula is C12H26N2. The van der Waals surface area contributed by atoms with Crippen LogP contribution in [0.1, 0.15) is 39.5 Å². The van der Waals surface area contributed by atoms with Crippen molar-refractivity contribution in [2.75, 3.05) is 20.1 Å². The molecule has 0 amide bonds. The molecule has 1 aliphatic carbocycles. The first-order chi connectivity index (χ1) is 6.65. The Kier molecular flexibility index (Phi) is 4.90. The molecule has 0 aromatic rings. The summed E-state index contributed by atoms with van der Waals surface area (Å²) in [5.74, 6) is 1.63. The molecule has 0 heterocycles. The summed E-state index contributed by atoms with van der Waals surface area (Å²) in [6, 6.07) is 0.662. The molecule has 1 fully saturated rings. The van der Waals surface area contributed by atoms with Crippen LogP contribution in [0.4, 0.5) is 0 Å². The van der Waals surface area contributed by atoms with Crippen molar-refractivity contribution in [1.29, 1.82) is 0 Å². The molecule has 0 radical (unpaired) electrons. The third-order valence-corrected chi connectivity index (χ3v) is 3.77. The van der Waals surface area contributed by atoms with Crippen LogP contribution >= 0.6 is 0 Å². The average molecular weight is 198 g/mol. The topological polar surface area (TPSA) is 29.3 Å². The van der Waals surface area contributed by atoms with Crippen molar-refractivity contribution < 1.29 is 0 Å². The van der Waals surface area contributed by atoms with E-state index < -0.39 is 0 Å². The molecule has 0 spiro atoms. The fourth-order valence-electron chi connectivity index (χ4n) is 2.42. The lowest BCUT2D eigenvalue weighted by Crippen LogP contribution is -2.38. The molecule has 1 aliphatic rings. The normalized spacial score (nSPS) is 28.7. The van der Waals surface area contributed by atoms with E-state index in [1.54, 1.807) is 0 Å². The van der Waals surface area contributed by atoms with Gasteiger partial charge in [0.05, 0.1) is 0 Å². The Labute approximate surface area is 88.8 Å². The van der Waals surface area contributed by atoms with E-state index in [0.717, 1.165) is 18.4 Å². The highest BCUT2D eigenvalue weighted by Gasteiger charge is 2.25. The highest BCUT2D eigenvalue weighted by Crippen LogP contribution is 2.29. The van der Waals surface area contributed by atoms with Crippen LogP contribution in [0.5, 0.6) is 0 Å². The summed E-state index contributed by atoms with van der Waals surface area (Å²) in [6.07, 6.45) is 5.54. The highest BCUT2D eigenvalue weighted by molar-refractivity contribution is 4.78. The Balaban J connectivity index is 2.40. The summed E-state index contributed by atoms with van der Waals surface area (Å²) in [4.78, 5) is 2.46. The van der Waals surface area contributed by atoms with Crippen LogP contribution in [0.3, 0.4) is 0 Å². The average Bonchev–Trinajstić information content (AvgIpc) is 2.18. The van der Waals surface area contributed by atoms with E-state index in [0.29, 0.717) is 6.04 Å². The molecule has 2 atom stereocenters. The van der Waals surface area contributed by atoms with Gasteiger partial charge in [-0.25, -0.2) is 0 Å². The summed E-state index contributed by atoms with van der Waals surface area (Å²) in [5.41, 5.74) is 5.83. The number of rotatable bonds is 4. The SMILES string of the molecule is CC(C)N(C)CC1CCCCC1CN. The van der Waals surface area contributed by atoms with Gasteiger partial charge < -0.3 is 10.6 Å². The Hall–Kier alpha value is -0.0800. The van der Waals surface area contributed by atoms with Gasteiger partial charge in [0.1, 0.15) is 0 Å². The molecule has 0 aliphatic heterocycles. The molecule has 1 rings (SSSR count). The molecule has 0 aromatic carbocycles. The van der Waals surface area contributed by atoms with Crippen molar-refractivity contribution in [3.8, 4) is 0 Å². The fraction of sp³-hybridized carbons (Fsp3) is 1.00. The molecule has 0 bridgehead atoms. The van der Waals surface area contributed by atoms with Gasteiger partial charge in [0.15, 0.2) is 0 Å². The van der Waals surface area contributed by atoms with Crippen LogP contribution in [0.2, 0.25) is 0 Å². The first-order valence-electron chi connectivity index (χ1n) is 6.05. The van der Waals surface area contributed by atoms with Crippen molar-refractivity contribution >= 4 is 0 Å². The second-order valence-electron chi connectivity index (χ2n) is 5.07.